The number of carbonyl (C=O) groups excluding carboxylic acids is 1. The van der Waals surface area contributed by atoms with Crippen LogP contribution in [0.5, 0.6) is 0 Å². The number of nitrogen functional groups attached to an aromatic ring is 1. The molecule has 1 aromatic carbocycles. The molecular weight excluding hydrogens is 306 g/mol. The Balaban J connectivity index is 2.08. The fourth-order valence-electron chi connectivity index (χ4n) is 2.53. The SMILES string of the molecule is CN(CC1CCCN1C)C(=O)c1cccc(N)c1Br. The lowest BCUT2D eigenvalue weighted by atomic mass is 10.1. The molecule has 1 saturated heterocycles. The molecular formula is C14H20BrN3O. The zero-order chi connectivity index (χ0) is 14.0. The highest BCUT2D eigenvalue weighted by Gasteiger charge is 2.25. The van der Waals surface area contributed by atoms with Crippen LogP contribution >= 0.6 is 15.9 Å². The van der Waals surface area contributed by atoms with E-state index in [0.29, 0.717) is 21.8 Å². The molecule has 1 amide bonds. The molecule has 4 nitrogen and oxygen atoms in total. The highest BCUT2D eigenvalue weighted by molar-refractivity contribution is 9.10. The van der Waals surface area contributed by atoms with E-state index in [4.69, 9.17) is 5.73 Å². The first-order valence-electron chi connectivity index (χ1n) is 6.50. The van der Waals surface area contributed by atoms with Crippen molar-refractivity contribution in [3.05, 3.63) is 28.2 Å². The predicted octanol–water partition coefficient (Wildman–Crippen LogP) is 2.20. The highest BCUT2D eigenvalue weighted by atomic mass is 79.9. The number of hydrogen-bond acceptors (Lipinski definition) is 3. The van der Waals surface area contributed by atoms with E-state index in [2.05, 4.69) is 27.9 Å². The Bertz CT molecular complexity index is 478. The van der Waals surface area contributed by atoms with Gasteiger partial charge in [0.2, 0.25) is 0 Å². The summed E-state index contributed by atoms with van der Waals surface area (Å²) < 4.78 is 0.687. The number of likely N-dealkylation sites (tertiary alicyclic amines) is 1. The molecule has 1 fully saturated rings. The summed E-state index contributed by atoms with van der Waals surface area (Å²) in [5, 5.41) is 0. The first-order chi connectivity index (χ1) is 9.00. The maximum absolute atomic E-state index is 12.4. The van der Waals surface area contributed by atoms with Crippen molar-refractivity contribution in [1.29, 1.82) is 0 Å². The van der Waals surface area contributed by atoms with Crippen LogP contribution in [-0.4, -0.2) is 48.9 Å². The number of hydrogen-bond donors (Lipinski definition) is 1. The van der Waals surface area contributed by atoms with E-state index in [1.807, 2.05) is 13.1 Å². The van der Waals surface area contributed by atoms with Gasteiger partial charge in [0.05, 0.1) is 10.0 Å². The van der Waals surface area contributed by atoms with E-state index in [1.54, 1.807) is 17.0 Å². The van der Waals surface area contributed by atoms with Crippen LogP contribution in [-0.2, 0) is 0 Å². The summed E-state index contributed by atoms with van der Waals surface area (Å²) in [5.41, 5.74) is 7.04. The van der Waals surface area contributed by atoms with Crippen molar-refractivity contribution in [2.45, 2.75) is 18.9 Å². The largest absolute Gasteiger partial charge is 0.398 e. The van der Waals surface area contributed by atoms with Crippen molar-refractivity contribution in [3.63, 3.8) is 0 Å². The maximum atomic E-state index is 12.4. The van der Waals surface area contributed by atoms with Crippen LogP contribution in [0.15, 0.2) is 22.7 Å². The first kappa shape index (κ1) is 14.3. The van der Waals surface area contributed by atoms with Gasteiger partial charge in [0.25, 0.3) is 5.91 Å². The molecule has 104 valence electrons. The zero-order valence-corrected chi connectivity index (χ0v) is 13.0. The molecule has 1 heterocycles. The van der Waals surface area contributed by atoms with Gasteiger partial charge < -0.3 is 15.5 Å². The molecule has 5 heteroatoms. The van der Waals surface area contributed by atoms with Crippen molar-refractivity contribution in [3.8, 4) is 0 Å². The summed E-state index contributed by atoms with van der Waals surface area (Å²) in [6.45, 7) is 1.88. The number of amides is 1. The summed E-state index contributed by atoms with van der Waals surface area (Å²) in [6.07, 6.45) is 2.37. The van der Waals surface area contributed by atoms with E-state index in [0.717, 1.165) is 19.5 Å². The van der Waals surface area contributed by atoms with Crippen molar-refractivity contribution in [2.75, 3.05) is 32.9 Å². The van der Waals surface area contributed by atoms with Gasteiger partial charge in [0, 0.05) is 25.3 Å². The van der Waals surface area contributed by atoms with Crippen LogP contribution in [0.4, 0.5) is 5.69 Å². The van der Waals surface area contributed by atoms with Crippen LogP contribution in [0.3, 0.4) is 0 Å². The lowest BCUT2D eigenvalue weighted by molar-refractivity contribution is 0.0760. The molecule has 19 heavy (non-hydrogen) atoms. The Morgan fingerprint density at radius 2 is 2.32 bits per heavy atom. The third kappa shape index (κ3) is 3.09. The number of rotatable bonds is 3. The minimum Gasteiger partial charge on any atom is -0.398 e. The fourth-order valence-corrected chi connectivity index (χ4v) is 2.96. The van der Waals surface area contributed by atoms with Crippen LogP contribution in [0, 0.1) is 0 Å². The van der Waals surface area contributed by atoms with Gasteiger partial charge in [-0.25, -0.2) is 0 Å². The third-order valence-corrected chi connectivity index (χ3v) is 4.65. The van der Waals surface area contributed by atoms with Crippen molar-refractivity contribution in [2.24, 2.45) is 0 Å². The molecule has 0 bridgehead atoms. The normalized spacial score (nSPS) is 19.6. The molecule has 2 rings (SSSR count). The number of benzene rings is 1. The molecule has 0 spiro atoms. The molecule has 0 radical (unpaired) electrons. The predicted molar refractivity (Wildman–Crippen MR) is 81.2 cm³/mol. The standard InChI is InChI=1S/C14H20BrN3O/c1-17-8-4-5-10(17)9-18(2)14(19)11-6-3-7-12(16)13(11)15/h3,6-7,10H,4-5,8-9,16H2,1-2H3. The smallest absolute Gasteiger partial charge is 0.254 e. The number of nitrogens with two attached hydrogens (primary N) is 1. The molecule has 2 N–H and O–H groups in total. The lowest BCUT2D eigenvalue weighted by Crippen LogP contribution is -2.39. The maximum Gasteiger partial charge on any atom is 0.254 e. The topological polar surface area (TPSA) is 49.6 Å². The number of carbonyl (C=O) groups is 1. The average Bonchev–Trinajstić information content (AvgIpc) is 2.77. The van der Waals surface area contributed by atoms with Crippen molar-refractivity contribution < 1.29 is 4.79 Å². The van der Waals surface area contributed by atoms with E-state index >= 15 is 0 Å². The highest BCUT2D eigenvalue weighted by Crippen LogP contribution is 2.25. The van der Waals surface area contributed by atoms with E-state index < -0.39 is 0 Å². The van der Waals surface area contributed by atoms with E-state index in [9.17, 15) is 4.79 Å². The number of halogens is 1. The molecule has 1 aromatic rings. The van der Waals surface area contributed by atoms with Gasteiger partial charge in [-0.05, 0) is 54.5 Å². The van der Waals surface area contributed by atoms with E-state index in [-0.39, 0.29) is 5.91 Å². The molecule has 1 aliphatic rings. The first-order valence-corrected chi connectivity index (χ1v) is 7.29. The summed E-state index contributed by atoms with van der Waals surface area (Å²) in [6, 6.07) is 5.86. The fraction of sp³-hybridized carbons (Fsp3) is 0.500. The Morgan fingerprint density at radius 3 is 2.95 bits per heavy atom. The molecule has 0 aromatic heterocycles. The molecule has 0 saturated carbocycles. The second kappa shape index (κ2) is 5.92. The third-order valence-electron chi connectivity index (χ3n) is 3.76. The van der Waals surface area contributed by atoms with Crippen LogP contribution < -0.4 is 5.73 Å². The van der Waals surface area contributed by atoms with Crippen LogP contribution in [0.25, 0.3) is 0 Å². The molecule has 0 aliphatic carbocycles. The monoisotopic (exact) mass is 325 g/mol. The Kier molecular flexibility index (Phi) is 4.47. The van der Waals surface area contributed by atoms with Gasteiger partial charge in [-0.1, -0.05) is 6.07 Å². The number of nitrogens with zero attached hydrogens (tertiary/aromatic N) is 2. The van der Waals surface area contributed by atoms with Crippen molar-refractivity contribution >= 4 is 27.5 Å². The second-order valence-corrected chi connectivity index (χ2v) is 5.96. The molecule has 1 unspecified atom stereocenters. The summed E-state index contributed by atoms with van der Waals surface area (Å²) in [4.78, 5) is 16.5. The van der Waals surface area contributed by atoms with Crippen molar-refractivity contribution in [1.82, 2.24) is 9.80 Å². The van der Waals surface area contributed by atoms with Gasteiger partial charge in [-0.3, -0.25) is 4.79 Å². The summed E-state index contributed by atoms with van der Waals surface area (Å²) in [5.74, 6) is 0.0134. The van der Waals surface area contributed by atoms with Gasteiger partial charge >= 0.3 is 0 Å². The zero-order valence-electron chi connectivity index (χ0n) is 11.4. The Morgan fingerprint density at radius 1 is 1.58 bits per heavy atom. The molecule has 1 aliphatic heterocycles. The number of likely N-dealkylation sites (N-methyl/N-ethyl adjacent to an activating group) is 2. The van der Waals surface area contributed by atoms with Gasteiger partial charge in [-0.15, -0.1) is 0 Å². The Labute approximate surface area is 122 Å². The Hall–Kier alpha value is -1.07. The van der Waals surface area contributed by atoms with Gasteiger partial charge in [0.1, 0.15) is 0 Å². The summed E-state index contributed by atoms with van der Waals surface area (Å²) in [7, 11) is 3.97. The minimum atomic E-state index is 0.0134. The van der Waals surface area contributed by atoms with Crippen LogP contribution in [0.1, 0.15) is 23.2 Å². The number of anilines is 1. The van der Waals surface area contributed by atoms with E-state index in [1.165, 1.54) is 6.42 Å². The molecule has 1 atom stereocenters. The van der Waals surface area contributed by atoms with Gasteiger partial charge in [0.15, 0.2) is 0 Å². The average molecular weight is 326 g/mol. The van der Waals surface area contributed by atoms with Crippen LogP contribution in [0.2, 0.25) is 0 Å². The lowest BCUT2D eigenvalue weighted by Gasteiger charge is -2.26. The second-order valence-electron chi connectivity index (χ2n) is 5.17. The minimum absolute atomic E-state index is 0.0134. The van der Waals surface area contributed by atoms with Gasteiger partial charge in [-0.2, -0.15) is 0 Å². The summed E-state index contributed by atoms with van der Waals surface area (Å²) >= 11 is 3.39. The quantitative estimate of drug-likeness (QED) is 0.867.